The fraction of sp³-hybridized carbons (Fsp3) is 0.188. The Kier molecular flexibility index (Phi) is 8.08. The number of benzene rings is 2. The summed E-state index contributed by atoms with van der Waals surface area (Å²) in [4.78, 5) is 21.6. The van der Waals surface area contributed by atoms with Crippen molar-refractivity contribution in [1.82, 2.24) is 19.6 Å². The zero-order valence-electron chi connectivity index (χ0n) is 22.8. The van der Waals surface area contributed by atoms with Crippen molar-refractivity contribution in [2.75, 3.05) is 12.4 Å². The van der Waals surface area contributed by atoms with Crippen LogP contribution in [0, 0.1) is 0 Å². The summed E-state index contributed by atoms with van der Waals surface area (Å²) in [5.41, 5.74) is 6.33. The fourth-order valence-corrected chi connectivity index (χ4v) is 5.66. The number of aromatic nitrogens is 4. The molecule has 0 spiro atoms. The van der Waals surface area contributed by atoms with Crippen molar-refractivity contribution in [3.8, 4) is 28.1 Å². The van der Waals surface area contributed by atoms with Gasteiger partial charge in [0.15, 0.2) is 5.65 Å². The highest BCUT2D eigenvalue weighted by molar-refractivity contribution is 6.38. The van der Waals surface area contributed by atoms with Crippen LogP contribution in [-0.2, 0) is 11.3 Å². The molecule has 0 saturated heterocycles. The van der Waals surface area contributed by atoms with Gasteiger partial charge in [-0.3, -0.25) is 5.32 Å². The second-order valence-corrected chi connectivity index (χ2v) is 10.6. The number of rotatable bonds is 7. The molecule has 8 nitrogen and oxygen atoms in total. The van der Waals surface area contributed by atoms with Gasteiger partial charge in [0.2, 0.25) is 0 Å². The summed E-state index contributed by atoms with van der Waals surface area (Å²) in [5.74, 6) is 1.09. The molecular weight excluding hydrogens is 573 g/mol. The number of allylic oxidation sites excluding steroid dienone is 2. The average Bonchev–Trinajstić information content (AvgIpc) is 3.41. The minimum absolute atomic E-state index is 0.166. The quantitative estimate of drug-likeness (QED) is 0.189. The van der Waals surface area contributed by atoms with Crippen molar-refractivity contribution in [1.29, 1.82) is 0 Å². The van der Waals surface area contributed by atoms with Gasteiger partial charge in [0.25, 0.3) is 0 Å². The Bertz CT molecular complexity index is 1770. The van der Waals surface area contributed by atoms with Gasteiger partial charge in [-0.05, 0) is 66.6 Å². The molecule has 1 aliphatic carbocycles. The van der Waals surface area contributed by atoms with Crippen molar-refractivity contribution in [2.45, 2.75) is 32.3 Å². The third-order valence-electron chi connectivity index (χ3n) is 7.13. The number of methoxy groups -OCH3 is 1. The minimum atomic E-state index is -0.587. The summed E-state index contributed by atoms with van der Waals surface area (Å²) in [5, 5.41) is 8.23. The average molecular weight is 601 g/mol. The molecule has 1 N–H and O–H groups in total. The van der Waals surface area contributed by atoms with Crippen LogP contribution in [0.1, 0.15) is 36.8 Å². The van der Waals surface area contributed by atoms with E-state index in [1.54, 1.807) is 23.9 Å². The van der Waals surface area contributed by atoms with E-state index in [0.29, 0.717) is 27.9 Å². The zero-order valence-corrected chi connectivity index (χ0v) is 24.3. The molecule has 0 fully saturated rings. The third kappa shape index (κ3) is 5.68. The maximum Gasteiger partial charge on any atom is 0.413 e. The first kappa shape index (κ1) is 27.8. The summed E-state index contributed by atoms with van der Waals surface area (Å²) in [6.45, 7) is 0.166. The van der Waals surface area contributed by atoms with Crippen LogP contribution in [0.2, 0.25) is 10.3 Å². The molecule has 0 bridgehead atoms. The number of fused-ring (bicyclic) bond motifs is 1. The fourth-order valence-electron chi connectivity index (χ4n) is 5.02. The Labute approximate surface area is 252 Å². The minimum Gasteiger partial charge on any atom is -0.497 e. The Balaban J connectivity index is 1.34. The van der Waals surface area contributed by atoms with Crippen LogP contribution in [0.25, 0.3) is 33.6 Å². The van der Waals surface area contributed by atoms with E-state index in [0.717, 1.165) is 59.3 Å². The highest BCUT2D eigenvalue weighted by Crippen LogP contribution is 2.41. The lowest BCUT2D eigenvalue weighted by Crippen LogP contribution is -2.14. The second kappa shape index (κ2) is 12.2. The second-order valence-electron chi connectivity index (χ2n) is 9.85. The number of hydrogen-bond acceptors (Lipinski definition) is 6. The van der Waals surface area contributed by atoms with Crippen LogP contribution < -0.4 is 10.1 Å². The highest BCUT2D eigenvalue weighted by atomic mass is 35.5. The van der Waals surface area contributed by atoms with E-state index in [2.05, 4.69) is 16.4 Å². The Hall–Kier alpha value is -4.40. The summed E-state index contributed by atoms with van der Waals surface area (Å²) in [6.07, 6.45) is 7.39. The lowest BCUT2D eigenvalue weighted by molar-refractivity contribution is 0.155. The van der Waals surface area contributed by atoms with Crippen LogP contribution in [-0.4, -0.2) is 32.8 Å². The van der Waals surface area contributed by atoms with Gasteiger partial charge in [0.05, 0.1) is 18.2 Å². The van der Waals surface area contributed by atoms with Crippen LogP contribution in [0.15, 0.2) is 79.0 Å². The van der Waals surface area contributed by atoms with Gasteiger partial charge in [-0.25, -0.2) is 19.3 Å². The molecular formula is C32H27Cl2N5O3. The molecule has 0 atom stereocenters. The normalized spacial score (nSPS) is 13.1. The highest BCUT2D eigenvalue weighted by Gasteiger charge is 2.25. The molecule has 1 aliphatic rings. The number of hydrogen-bond donors (Lipinski definition) is 1. The third-order valence-corrected chi connectivity index (χ3v) is 7.76. The number of nitrogens with zero attached hydrogens (tertiary/aromatic N) is 4. The summed E-state index contributed by atoms with van der Waals surface area (Å²) in [6, 6.07) is 20.5. The van der Waals surface area contributed by atoms with Crippen molar-refractivity contribution >= 4 is 46.3 Å². The molecule has 6 rings (SSSR count). The van der Waals surface area contributed by atoms with Gasteiger partial charge in [-0.15, -0.1) is 0 Å². The molecule has 42 heavy (non-hydrogen) atoms. The van der Waals surface area contributed by atoms with Crippen LogP contribution in [0.3, 0.4) is 0 Å². The topological polar surface area (TPSA) is 90.6 Å². The maximum atomic E-state index is 12.3. The predicted molar refractivity (Wildman–Crippen MR) is 165 cm³/mol. The predicted octanol–water partition coefficient (Wildman–Crippen LogP) is 8.48. The van der Waals surface area contributed by atoms with Crippen molar-refractivity contribution in [2.24, 2.45) is 0 Å². The van der Waals surface area contributed by atoms with Gasteiger partial charge in [-0.2, -0.15) is 5.10 Å². The standard InChI is InChI=1S/C32H27Cl2N5O3/c1-41-24-15-12-22(13-16-24)27-29(33)37-31-26(21-10-6-3-7-11-21)28(38-39(31)30(27)34)23-14-17-25(35-18-23)36-32(40)42-19-20-8-4-2-5-9-20/h2,4-5,8-10,12-18H,3,6-7,11,19H2,1H3,(H,35,36,40). The van der Waals surface area contributed by atoms with Crippen LogP contribution in [0.4, 0.5) is 10.6 Å². The van der Waals surface area contributed by atoms with E-state index in [4.69, 9.17) is 42.8 Å². The molecule has 0 aliphatic heterocycles. The van der Waals surface area contributed by atoms with Crippen LogP contribution >= 0.6 is 23.2 Å². The summed E-state index contributed by atoms with van der Waals surface area (Å²) < 4.78 is 12.2. The van der Waals surface area contributed by atoms with Gasteiger partial charge >= 0.3 is 6.09 Å². The molecule has 3 aromatic heterocycles. The molecule has 1 amide bonds. The smallest absolute Gasteiger partial charge is 0.413 e. The van der Waals surface area contributed by atoms with Gasteiger partial charge in [-0.1, -0.05) is 71.7 Å². The zero-order chi connectivity index (χ0) is 29.1. The van der Waals surface area contributed by atoms with Crippen molar-refractivity contribution < 1.29 is 14.3 Å². The summed E-state index contributed by atoms with van der Waals surface area (Å²) >= 11 is 13.7. The van der Waals surface area contributed by atoms with E-state index in [9.17, 15) is 4.79 Å². The Morgan fingerprint density at radius 3 is 2.45 bits per heavy atom. The molecule has 10 heteroatoms. The lowest BCUT2D eigenvalue weighted by atomic mass is 9.92. The number of nitrogens with one attached hydrogen (secondary N) is 1. The number of halogens is 2. The number of carbonyl (C=O) groups is 1. The van der Waals surface area contributed by atoms with Gasteiger partial charge in [0, 0.05) is 11.8 Å². The molecule has 0 radical (unpaired) electrons. The number of anilines is 1. The largest absolute Gasteiger partial charge is 0.497 e. The van der Waals surface area contributed by atoms with Crippen molar-refractivity contribution in [3.63, 3.8) is 0 Å². The van der Waals surface area contributed by atoms with E-state index in [1.807, 2.05) is 60.7 Å². The Morgan fingerprint density at radius 1 is 0.976 bits per heavy atom. The number of ether oxygens (including phenoxy) is 2. The Morgan fingerprint density at radius 2 is 1.76 bits per heavy atom. The molecule has 2 aromatic carbocycles. The lowest BCUT2D eigenvalue weighted by Gasteiger charge is -2.14. The first-order valence-electron chi connectivity index (χ1n) is 13.6. The number of carbonyl (C=O) groups excluding carboxylic acids is 1. The molecule has 212 valence electrons. The molecule has 3 heterocycles. The van der Waals surface area contributed by atoms with E-state index < -0.39 is 6.09 Å². The van der Waals surface area contributed by atoms with Crippen LogP contribution in [0.5, 0.6) is 5.75 Å². The van der Waals surface area contributed by atoms with E-state index in [1.165, 1.54) is 0 Å². The first-order valence-corrected chi connectivity index (χ1v) is 14.3. The number of amides is 1. The molecule has 0 saturated carbocycles. The van der Waals surface area contributed by atoms with E-state index >= 15 is 0 Å². The molecule has 0 unspecified atom stereocenters. The summed E-state index contributed by atoms with van der Waals surface area (Å²) in [7, 11) is 1.62. The first-order chi connectivity index (χ1) is 20.5. The molecule has 5 aromatic rings. The van der Waals surface area contributed by atoms with Gasteiger partial charge < -0.3 is 9.47 Å². The van der Waals surface area contributed by atoms with E-state index in [-0.39, 0.29) is 11.8 Å². The monoisotopic (exact) mass is 599 g/mol. The van der Waals surface area contributed by atoms with Gasteiger partial charge in [0.1, 0.15) is 34.2 Å². The van der Waals surface area contributed by atoms with Crippen molar-refractivity contribution in [3.05, 3.63) is 100 Å². The maximum absolute atomic E-state index is 12.3. The SMILES string of the molecule is COc1ccc(-c2c(Cl)nc3c(C4=CCCCC4)c(-c4ccc(NC(=O)OCc5ccccc5)nc4)nn3c2Cl)cc1. The number of pyridine rings is 1.